The van der Waals surface area contributed by atoms with Crippen LogP contribution in [-0.2, 0) is 9.59 Å². The zero-order chi connectivity index (χ0) is 25.9. The van der Waals surface area contributed by atoms with Crippen LogP contribution in [0, 0.1) is 0 Å². The Morgan fingerprint density at radius 3 is 2.43 bits per heavy atom. The summed E-state index contributed by atoms with van der Waals surface area (Å²) < 4.78 is 10.8. The summed E-state index contributed by atoms with van der Waals surface area (Å²) in [6.07, 6.45) is 2.65. The lowest BCUT2D eigenvalue weighted by atomic mass is 9.71. The number of benzene rings is 2. The molecule has 1 amide bonds. The van der Waals surface area contributed by atoms with Crippen molar-refractivity contribution >= 4 is 17.5 Å². The van der Waals surface area contributed by atoms with E-state index in [-0.39, 0.29) is 17.6 Å². The van der Waals surface area contributed by atoms with Gasteiger partial charge >= 0.3 is 0 Å². The highest BCUT2D eigenvalue weighted by molar-refractivity contribution is 6.09. The number of carbonyl (C=O) groups is 2. The van der Waals surface area contributed by atoms with Crippen LogP contribution in [0.1, 0.15) is 42.7 Å². The molecular weight excluding hydrogens is 466 g/mol. The van der Waals surface area contributed by atoms with Gasteiger partial charge in [-0.15, -0.1) is 0 Å². The van der Waals surface area contributed by atoms with Crippen LogP contribution in [0.15, 0.2) is 95.5 Å². The molecule has 0 bridgehead atoms. The molecular formula is C30H29N3O4. The van der Waals surface area contributed by atoms with Crippen molar-refractivity contribution in [3.63, 3.8) is 0 Å². The second-order valence-corrected chi connectivity index (χ2v) is 9.24. The lowest BCUT2D eigenvalue weighted by Crippen LogP contribution is -2.37. The maximum absolute atomic E-state index is 13.8. The van der Waals surface area contributed by atoms with E-state index in [9.17, 15) is 9.59 Å². The molecule has 0 radical (unpaired) electrons. The van der Waals surface area contributed by atoms with E-state index in [1.807, 2.05) is 61.5 Å². The molecule has 5 rings (SSSR count). The molecule has 0 spiro atoms. The molecule has 0 saturated carbocycles. The SMILES string of the molecule is COc1ccc(C2CC(=O)C3=C(C2)NC(C)=C(C(=O)Nc2ccccn2)C3c2cccc(OC)c2)cc1. The van der Waals surface area contributed by atoms with Crippen molar-refractivity contribution in [1.29, 1.82) is 0 Å². The summed E-state index contributed by atoms with van der Waals surface area (Å²) in [5.74, 6) is 1.13. The molecule has 188 valence electrons. The maximum Gasteiger partial charge on any atom is 0.255 e. The molecule has 7 nitrogen and oxygen atoms in total. The van der Waals surface area contributed by atoms with E-state index in [1.54, 1.807) is 32.5 Å². The van der Waals surface area contributed by atoms with E-state index in [1.165, 1.54) is 0 Å². The third-order valence-electron chi connectivity index (χ3n) is 6.99. The number of allylic oxidation sites excluding steroid dienone is 3. The maximum atomic E-state index is 13.8. The van der Waals surface area contributed by atoms with Gasteiger partial charge in [0.25, 0.3) is 5.91 Å². The number of pyridine rings is 1. The molecule has 2 unspecified atom stereocenters. The Labute approximate surface area is 216 Å². The van der Waals surface area contributed by atoms with Gasteiger partial charge in [-0.25, -0.2) is 4.98 Å². The predicted octanol–water partition coefficient (Wildman–Crippen LogP) is 5.10. The highest BCUT2D eigenvalue weighted by atomic mass is 16.5. The van der Waals surface area contributed by atoms with Crippen LogP contribution in [-0.4, -0.2) is 30.9 Å². The molecule has 3 aromatic rings. The second kappa shape index (κ2) is 10.3. The predicted molar refractivity (Wildman–Crippen MR) is 141 cm³/mol. The number of nitrogens with one attached hydrogen (secondary N) is 2. The molecule has 2 aromatic carbocycles. The first-order chi connectivity index (χ1) is 18.0. The Morgan fingerprint density at radius 2 is 1.73 bits per heavy atom. The first-order valence-corrected chi connectivity index (χ1v) is 12.2. The van der Waals surface area contributed by atoms with Crippen molar-refractivity contribution in [3.8, 4) is 11.5 Å². The van der Waals surface area contributed by atoms with Crippen molar-refractivity contribution in [1.82, 2.24) is 10.3 Å². The first kappa shape index (κ1) is 24.3. The number of methoxy groups -OCH3 is 2. The standard InChI is InChI=1S/C30H29N3O4/c1-18-27(30(35)33-26-9-4-5-14-31-26)28(20-7-6-8-23(15-20)37-3)29-24(32-18)16-21(17-25(29)34)19-10-12-22(36-2)13-11-19/h4-15,21,28,32H,16-17H2,1-3H3,(H,31,33,35). The normalized spacial score (nSPS) is 19.2. The van der Waals surface area contributed by atoms with Crippen LogP contribution in [0.3, 0.4) is 0 Å². The second-order valence-electron chi connectivity index (χ2n) is 9.24. The fourth-order valence-corrected chi connectivity index (χ4v) is 5.23. The van der Waals surface area contributed by atoms with Gasteiger partial charge in [-0.3, -0.25) is 9.59 Å². The zero-order valence-corrected chi connectivity index (χ0v) is 21.1. The van der Waals surface area contributed by atoms with Gasteiger partial charge in [-0.2, -0.15) is 0 Å². The quantitative estimate of drug-likeness (QED) is 0.495. The number of hydrogen-bond donors (Lipinski definition) is 2. The van der Waals surface area contributed by atoms with Gasteiger partial charge in [0.05, 0.1) is 14.2 Å². The Hall–Kier alpha value is -4.39. The van der Waals surface area contributed by atoms with Gasteiger partial charge < -0.3 is 20.1 Å². The summed E-state index contributed by atoms with van der Waals surface area (Å²) >= 11 is 0. The first-order valence-electron chi connectivity index (χ1n) is 12.2. The van der Waals surface area contributed by atoms with Crippen molar-refractivity contribution in [3.05, 3.63) is 107 Å². The summed E-state index contributed by atoms with van der Waals surface area (Å²) in [6, 6.07) is 20.8. The van der Waals surface area contributed by atoms with Crippen LogP contribution in [0.2, 0.25) is 0 Å². The van der Waals surface area contributed by atoms with Crippen molar-refractivity contribution in [2.24, 2.45) is 0 Å². The van der Waals surface area contributed by atoms with Crippen molar-refractivity contribution in [2.75, 3.05) is 19.5 Å². The number of carbonyl (C=O) groups excluding carboxylic acids is 2. The van der Waals surface area contributed by atoms with E-state index < -0.39 is 5.92 Å². The van der Waals surface area contributed by atoms with Crippen molar-refractivity contribution < 1.29 is 19.1 Å². The van der Waals surface area contributed by atoms with E-state index >= 15 is 0 Å². The highest BCUT2D eigenvalue weighted by Gasteiger charge is 2.41. The number of ether oxygens (including phenoxy) is 2. The van der Waals surface area contributed by atoms with Crippen LogP contribution in [0.4, 0.5) is 5.82 Å². The van der Waals surface area contributed by atoms with Gasteiger partial charge in [0.1, 0.15) is 17.3 Å². The number of aromatic nitrogens is 1. The number of dihydropyridines is 1. The third kappa shape index (κ3) is 4.85. The lowest BCUT2D eigenvalue weighted by molar-refractivity contribution is -0.116. The molecule has 0 saturated heterocycles. The fraction of sp³-hybridized carbons (Fsp3) is 0.233. The van der Waals surface area contributed by atoms with Crippen LogP contribution >= 0.6 is 0 Å². The average Bonchev–Trinajstić information content (AvgIpc) is 2.92. The van der Waals surface area contributed by atoms with Gasteiger partial charge in [-0.1, -0.05) is 30.3 Å². The molecule has 1 aromatic heterocycles. The van der Waals surface area contributed by atoms with Gasteiger partial charge in [0.15, 0.2) is 5.78 Å². The third-order valence-corrected chi connectivity index (χ3v) is 6.99. The summed E-state index contributed by atoms with van der Waals surface area (Å²) in [5.41, 5.74) is 4.61. The largest absolute Gasteiger partial charge is 0.497 e. The van der Waals surface area contributed by atoms with Crippen LogP contribution < -0.4 is 20.1 Å². The average molecular weight is 496 g/mol. The smallest absolute Gasteiger partial charge is 0.255 e. The minimum atomic E-state index is -0.528. The molecule has 7 heteroatoms. The fourth-order valence-electron chi connectivity index (χ4n) is 5.23. The van der Waals surface area contributed by atoms with Gasteiger partial charge in [0.2, 0.25) is 0 Å². The molecule has 2 heterocycles. The number of amides is 1. The monoisotopic (exact) mass is 495 g/mol. The molecule has 0 fully saturated rings. The van der Waals surface area contributed by atoms with Crippen molar-refractivity contribution in [2.45, 2.75) is 31.6 Å². The highest BCUT2D eigenvalue weighted by Crippen LogP contribution is 2.46. The number of Topliss-reactive ketones (excluding diaryl/α,β-unsaturated/α-hetero) is 1. The number of ketones is 1. The summed E-state index contributed by atoms with van der Waals surface area (Å²) in [5, 5.41) is 6.32. The van der Waals surface area contributed by atoms with E-state index in [4.69, 9.17) is 9.47 Å². The molecule has 1 aliphatic carbocycles. The minimum absolute atomic E-state index is 0.0259. The Balaban J connectivity index is 1.55. The minimum Gasteiger partial charge on any atom is -0.497 e. The molecule has 37 heavy (non-hydrogen) atoms. The molecule has 2 atom stereocenters. The van der Waals surface area contributed by atoms with E-state index in [0.29, 0.717) is 41.3 Å². The Kier molecular flexibility index (Phi) is 6.77. The van der Waals surface area contributed by atoms with Crippen LogP contribution in [0.5, 0.6) is 11.5 Å². The summed E-state index contributed by atoms with van der Waals surface area (Å²) in [4.78, 5) is 31.6. The number of anilines is 1. The zero-order valence-electron chi connectivity index (χ0n) is 21.1. The van der Waals surface area contributed by atoms with Gasteiger partial charge in [-0.05, 0) is 66.8 Å². The Morgan fingerprint density at radius 1 is 0.946 bits per heavy atom. The van der Waals surface area contributed by atoms with Crippen LogP contribution in [0.25, 0.3) is 0 Å². The Bertz CT molecular complexity index is 1390. The number of hydrogen-bond acceptors (Lipinski definition) is 6. The topological polar surface area (TPSA) is 89.5 Å². The number of nitrogens with zero attached hydrogens (tertiary/aromatic N) is 1. The van der Waals surface area contributed by atoms with E-state index in [2.05, 4.69) is 15.6 Å². The molecule has 2 N–H and O–H groups in total. The summed E-state index contributed by atoms with van der Waals surface area (Å²) in [6.45, 7) is 1.88. The number of rotatable bonds is 6. The van der Waals surface area contributed by atoms with Gasteiger partial charge in [0, 0.05) is 41.1 Å². The summed E-state index contributed by atoms with van der Waals surface area (Å²) in [7, 11) is 3.24. The lowest BCUT2D eigenvalue weighted by Gasteiger charge is -2.37. The molecule has 2 aliphatic rings. The molecule has 1 aliphatic heterocycles. The van der Waals surface area contributed by atoms with E-state index in [0.717, 1.165) is 22.6 Å².